The van der Waals surface area contributed by atoms with Gasteiger partial charge in [-0.25, -0.2) is 0 Å². The van der Waals surface area contributed by atoms with E-state index in [4.69, 9.17) is 0 Å². The number of carbonyl (C=O) groups is 1. The molecule has 0 bridgehead atoms. The largest absolute Gasteiger partial charge is 0.290 e. The summed E-state index contributed by atoms with van der Waals surface area (Å²) in [6.07, 6.45) is 5.04. The van der Waals surface area contributed by atoms with Crippen LogP contribution in [0.25, 0.3) is 0 Å². The van der Waals surface area contributed by atoms with Crippen molar-refractivity contribution >= 4 is 30.0 Å². The van der Waals surface area contributed by atoms with Crippen LogP contribution in [-0.4, -0.2) is 11.5 Å². The summed E-state index contributed by atoms with van der Waals surface area (Å²) >= 11 is 1.63. The van der Waals surface area contributed by atoms with Crippen molar-refractivity contribution in [1.29, 1.82) is 0 Å². The van der Waals surface area contributed by atoms with Gasteiger partial charge in [0.1, 0.15) is 0 Å². The highest BCUT2D eigenvalue weighted by Gasteiger charge is 1.90. The van der Waals surface area contributed by atoms with Crippen molar-refractivity contribution in [3.05, 3.63) is 23.6 Å². The Morgan fingerprint density at radius 3 is 3.00 bits per heavy atom. The molecule has 3 heteroatoms. The molecule has 0 N–H and O–H groups in total. The maximum absolute atomic E-state index is 10.5. The van der Waals surface area contributed by atoms with Crippen molar-refractivity contribution in [2.45, 2.75) is 0 Å². The summed E-state index contributed by atoms with van der Waals surface area (Å²) in [5.74, 6) is 1.01. The van der Waals surface area contributed by atoms with Crippen molar-refractivity contribution in [3.63, 3.8) is 0 Å². The molecule has 0 aliphatic carbocycles. The van der Waals surface area contributed by atoms with Crippen molar-refractivity contribution in [1.82, 2.24) is 0 Å². The summed E-state index contributed by atoms with van der Waals surface area (Å²) in [7, 11) is 0. The minimum absolute atomic E-state index is 0. The molecule has 0 aromatic heterocycles. The van der Waals surface area contributed by atoms with Gasteiger partial charge >= 0.3 is 0 Å². The molecule has 1 rings (SSSR count). The van der Waals surface area contributed by atoms with Crippen LogP contribution in [0, 0.1) is 0 Å². The average Bonchev–Trinajstić information content (AvgIpc) is 1.94. The lowest BCUT2D eigenvalue weighted by Gasteiger charge is -1.76. The maximum atomic E-state index is 10.5. The van der Waals surface area contributed by atoms with Gasteiger partial charge in [0.25, 0.3) is 0 Å². The summed E-state index contributed by atoms with van der Waals surface area (Å²) in [5, 5.41) is 1.82. The minimum atomic E-state index is 0. The summed E-state index contributed by atoms with van der Waals surface area (Å²) in [6, 6.07) is 0. The first-order chi connectivity index (χ1) is 3.89. The maximum Gasteiger partial charge on any atom is 0.178 e. The van der Waals surface area contributed by atoms with Gasteiger partial charge in [-0.2, -0.15) is 0 Å². The van der Waals surface area contributed by atoms with E-state index < -0.39 is 0 Å². The number of allylic oxidation sites excluding steroid dienone is 2. The van der Waals surface area contributed by atoms with E-state index in [1.165, 1.54) is 0 Å². The Morgan fingerprint density at radius 1 is 1.44 bits per heavy atom. The molecule has 0 atom stereocenters. The fourth-order valence-corrected chi connectivity index (χ4v) is 0.995. The molecule has 0 amide bonds. The van der Waals surface area contributed by atoms with Gasteiger partial charge in [-0.05, 0) is 17.6 Å². The fraction of sp³-hybridized carbons (Fsp3) is 0.167. The van der Waals surface area contributed by atoms with E-state index in [0.717, 1.165) is 5.75 Å². The van der Waals surface area contributed by atoms with Crippen LogP contribution in [0.1, 0.15) is 0 Å². The molecule has 1 aliphatic heterocycles. The lowest BCUT2D eigenvalue weighted by atomic mass is 10.3. The van der Waals surface area contributed by atoms with Crippen LogP contribution in [0.15, 0.2) is 23.6 Å². The zero-order valence-corrected chi connectivity index (χ0v) is 6.37. The standard InChI is InChI=1S/C6H6OS.ClH/c7-6-2-1-4-8-5-3-6;/h1-3,5H,4H2;1H. The van der Waals surface area contributed by atoms with Crippen LogP contribution in [0.4, 0.5) is 0 Å². The van der Waals surface area contributed by atoms with Crippen molar-refractivity contribution < 1.29 is 4.79 Å². The summed E-state index contributed by atoms with van der Waals surface area (Å²) < 4.78 is 0. The SMILES string of the molecule is Cl.O=C1C=CCSC=C1. The average molecular weight is 163 g/mol. The quantitative estimate of drug-likeness (QED) is 0.540. The topological polar surface area (TPSA) is 17.1 Å². The normalized spacial score (nSPS) is 16.7. The van der Waals surface area contributed by atoms with Gasteiger partial charge in [0.2, 0.25) is 0 Å². The molecule has 1 nitrogen and oxygen atoms in total. The Balaban J connectivity index is 0.000000640. The highest BCUT2D eigenvalue weighted by Crippen LogP contribution is 2.05. The van der Waals surface area contributed by atoms with E-state index in [-0.39, 0.29) is 18.2 Å². The Labute approximate surface area is 64.6 Å². The fourth-order valence-electron chi connectivity index (χ4n) is 0.446. The Morgan fingerprint density at radius 2 is 2.22 bits per heavy atom. The molecule has 0 aromatic rings. The van der Waals surface area contributed by atoms with Gasteiger partial charge < -0.3 is 0 Å². The summed E-state index contributed by atoms with van der Waals surface area (Å²) in [4.78, 5) is 10.5. The lowest BCUT2D eigenvalue weighted by Crippen LogP contribution is -1.80. The molecule has 0 spiro atoms. The van der Waals surface area contributed by atoms with E-state index in [1.807, 2.05) is 11.5 Å². The predicted octanol–water partition coefficient (Wildman–Crippen LogP) is 1.79. The first-order valence-corrected chi connectivity index (χ1v) is 3.43. The third-order valence-electron chi connectivity index (χ3n) is 0.803. The molecule has 1 heterocycles. The van der Waals surface area contributed by atoms with Crippen molar-refractivity contribution in [2.24, 2.45) is 0 Å². The van der Waals surface area contributed by atoms with Crippen LogP contribution in [0.3, 0.4) is 0 Å². The molecule has 9 heavy (non-hydrogen) atoms. The zero-order valence-electron chi connectivity index (χ0n) is 4.74. The van der Waals surface area contributed by atoms with Crippen LogP contribution >= 0.6 is 24.2 Å². The van der Waals surface area contributed by atoms with Gasteiger partial charge in [0.15, 0.2) is 5.78 Å². The molecule has 0 aromatic carbocycles. The lowest BCUT2D eigenvalue weighted by molar-refractivity contribution is -0.110. The smallest absolute Gasteiger partial charge is 0.178 e. The number of hydrogen-bond acceptors (Lipinski definition) is 2. The van der Waals surface area contributed by atoms with Gasteiger partial charge in [0, 0.05) is 5.75 Å². The number of carbonyl (C=O) groups excluding carboxylic acids is 1. The molecule has 0 saturated carbocycles. The van der Waals surface area contributed by atoms with Gasteiger partial charge in [0.05, 0.1) is 0 Å². The van der Waals surface area contributed by atoms with Crippen LogP contribution in [0.2, 0.25) is 0 Å². The van der Waals surface area contributed by atoms with E-state index in [1.54, 1.807) is 23.9 Å². The number of halogens is 1. The summed E-state index contributed by atoms with van der Waals surface area (Å²) in [6.45, 7) is 0. The number of thioether (sulfide) groups is 1. The molecule has 0 radical (unpaired) electrons. The second-order valence-electron chi connectivity index (χ2n) is 1.44. The Bertz CT molecular complexity index is 135. The molecule has 0 fully saturated rings. The highest BCUT2D eigenvalue weighted by atomic mass is 35.5. The van der Waals surface area contributed by atoms with Crippen LogP contribution in [-0.2, 0) is 4.79 Å². The Hall–Kier alpha value is -0.210. The predicted molar refractivity (Wildman–Crippen MR) is 43.0 cm³/mol. The first kappa shape index (κ1) is 8.79. The van der Waals surface area contributed by atoms with E-state index in [2.05, 4.69) is 0 Å². The number of hydrogen-bond donors (Lipinski definition) is 0. The third kappa shape index (κ3) is 3.38. The Kier molecular flexibility index (Phi) is 4.54. The monoisotopic (exact) mass is 162 g/mol. The molecule has 0 saturated heterocycles. The molecular formula is C6H7ClOS. The van der Waals surface area contributed by atoms with Crippen LogP contribution in [0.5, 0.6) is 0 Å². The van der Waals surface area contributed by atoms with Crippen molar-refractivity contribution in [2.75, 3.05) is 5.75 Å². The second-order valence-corrected chi connectivity index (χ2v) is 2.38. The first-order valence-electron chi connectivity index (χ1n) is 2.38. The van der Waals surface area contributed by atoms with Gasteiger partial charge in [-0.1, -0.05) is 6.08 Å². The molecule has 0 unspecified atom stereocenters. The minimum Gasteiger partial charge on any atom is -0.290 e. The molecular weight excluding hydrogens is 156 g/mol. The molecule has 50 valence electrons. The second kappa shape index (κ2) is 4.65. The van der Waals surface area contributed by atoms with Crippen LogP contribution < -0.4 is 0 Å². The number of rotatable bonds is 0. The zero-order chi connectivity index (χ0) is 5.82. The number of ketones is 1. The summed E-state index contributed by atoms with van der Waals surface area (Å²) in [5.41, 5.74) is 0. The van der Waals surface area contributed by atoms with Crippen molar-refractivity contribution in [3.8, 4) is 0 Å². The van der Waals surface area contributed by atoms with Gasteiger partial charge in [-0.15, -0.1) is 24.2 Å². The van der Waals surface area contributed by atoms with E-state index in [9.17, 15) is 4.79 Å². The highest BCUT2D eigenvalue weighted by molar-refractivity contribution is 8.02. The van der Waals surface area contributed by atoms with E-state index in [0.29, 0.717) is 0 Å². The van der Waals surface area contributed by atoms with E-state index >= 15 is 0 Å². The molecule has 1 aliphatic rings. The van der Waals surface area contributed by atoms with Gasteiger partial charge in [-0.3, -0.25) is 4.79 Å². The third-order valence-corrected chi connectivity index (χ3v) is 1.52.